The zero-order valence-electron chi connectivity index (χ0n) is 19.2. The Morgan fingerprint density at radius 3 is 2.11 bits per heavy atom. The van der Waals surface area contributed by atoms with E-state index < -0.39 is 8.32 Å². The van der Waals surface area contributed by atoms with Gasteiger partial charge in [0, 0.05) is 11.8 Å². The molecule has 0 N–H and O–H groups in total. The Bertz CT molecular complexity index is 592. The molecule has 4 atom stereocenters. The van der Waals surface area contributed by atoms with Crippen molar-refractivity contribution in [3.05, 3.63) is 29.8 Å². The summed E-state index contributed by atoms with van der Waals surface area (Å²) < 4.78 is 18.2. The summed E-state index contributed by atoms with van der Waals surface area (Å²) in [6.07, 6.45) is 1.78. The van der Waals surface area contributed by atoms with Crippen molar-refractivity contribution in [2.24, 2.45) is 11.8 Å². The van der Waals surface area contributed by atoms with Crippen LogP contribution in [0.1, 0.15) is 53.5 Å². The summed E-state index contributed by atoms with van der Waals surface area (Å²) in [6, 6.07) is 7.93. The van der Waals surface area contributed by atoms with Crippen molar-refractivity contribution in [2.45, 2.75) is 84.9 Å². The predicted octanol–water partition coefficient (Wildman–Crippen LogP) is 5.85. The number of benzene rings is 1. The third-order valence-electron chi connectivity index (χ3n) is 6.10. The Labute approximate surface area is 173 Å². The van der Waals surface area contributed by atoms with Crippen molar-refractivity contribution in [3.8, 4) is 5.75 Å². The van der Waals surface area contributed by atoms with E-state index in [-0.39, 0.29) is 29.1 Å². The fraction of sp³-hybridized carbons (Fsp3) is 0.696. The van der Waals surface area contributed by atoms with E-state index in [1.54, 1.807) is 7.11 Å². The Balaban J connectivity index is 2.90. The molecule has 0 amide bonds. The van der Waals surface area contributed by atoms with Gasteiger partial charge in [-0.15, -0.1) is 0 Å². The lowest BCUT2D eigenvalue weighted by atomic mass is 9.89. The molecule has 160 valence electrons. The summed E-state index contributed by atoms with van der Waals surface area (Å²) in [7, 11) is -0.330. The smallest absolute Gasteiger partial charge is 0.192 e. The molecule has 0 fully saturated rings. The molecule has 28 heavy (non-hydrogen) atoms. The van der Waals surface area contributed by atoms with Gasteiger partial charge in [0.15, 0.2) is 8.32 Å². The van der Waals surface area contributed by atoms with Crippen LogP contribution < -0.4 is 4.74 Å². The lowest BCUT2D eigenvalue weighted by Gasteiger charge is -2.43. The molecule has 0 aliphatic carbocycles. The molecular weight excluding hydrogens is 368 g/mol. The van der Waals surface area contributed by atoms with Gasteiger partial charge in [0.25, 0.3) is 0 Å². The predicted molar refractivity (Wildman–Crippen MR) is 118 cm³/mol. The van der Waals surface area contributed by atoms with Gasteiger partial charge in [0.1, 0.15) is 12.0 Å². The van der Waals surface area contributed by atoms with Gasteiger partial charge in [0.05, 0.1) is 25.9 Å². The van der Waals surface area contributed by atoms with Crippen LogP contribution >= 0.6 is 0 Å². The Hall–Kier alpha value is -1.17. The summed E-state index contributed by atoms with van der Waals surface area (Å²) in [6.45, 7) is 17.9. The zero-order valence-corrected chi connectivity index (χ0v) is 20.2. The van der Waals surface area contributed by atoms with Crippen molar-refractivity contribution in [1.82, 2.24) is 0 Å². The molecule has 1 rings (SSSR count). The third kappa shape index (κ3) is 6.71. The number of rotatable bonds is 11. The first-order valence-corrected chi connectivity index (χ1v) is 13.2. The average Bonchev–Trinajstić information content (AvgIpc) is 2.65. The van der Waals surface area contributed by atoms with Gasteiger partial charge in [0.2, 0.25) is 0 Å². The molecule has 0 saturated heterocycles. The summed E-state index contributed by atoms with van der Waals surface area (Å²) in [5, 5.41) is 0.0965. The standard InChI is InChI=1S/C23H40O4Si/c1-10-21(26-16-19-11-13-20(25-7)14-12-19)18(3)22(17(2)15-24)27-28(8,9)23(4,5)6/h11-15,17-18,21-22H,10,16H2,1-9H3/t17-,18+,21+,22-/m1/s1. The number of hydrogen-bond acceptors (Lipinski definition) is 4. The van der Waals surface area contributed by atoms with Crippen LogP contribution in [0.25, 0.3) is 0 Å². The van der Waals surface area contributed by atoms with Crippen molar-refractivity contribution < 1.29 is 18.7 Å². The lowest BCUT2D eigenvalue weighted by molar-refractivity contribution is -0.116. The van der Waals surface area contributed by atoms with Gasteiger partial charge >= 0.3 is 0 Å². The number of aldehydes is 1. The van der Waals surface area contributed by atoms with E-state index in [1.165, 1.54) is 0 Å². The van der Waals surface area contributed by atoms with E-state index in [9.17, 15) is 4.79 Å². The number of carbonyl (C=O) groups is 1. The van der Waals surface area contributed by atoms with Gasteiger partial charge in [-0.05, 0) is 42.2 Å². The molecule has 0 saturated carbocycles. The molecule has 0 spiro atoms. The second kappa shape index (κ2) is 10.6. The molecule has 0 unspecified atom stereocenters. The molecule has 0 heterocycles. The second-order valence-corrected chi connectivity index (χ2v) is 14.1. The van der Waals surface area contributed by atoms with E-state index in [4.69, 9.17) is 13.9 Å². The highest BCUT2D eigenvalue weighted by molar-refractivity contribution is 6.74. The van der Waals surface area contributed by atoms with Crippen molar-refractivity contribution in [1.29, 1.82) is 0 Å². The normalized spacial score (nSPS) is 16.9. The van der Waals surface area contributed by atoms with Gasteiger partial charge in [-0.1, -0.05) is 53.7 Å². The van der Waals surface area contributed by atoms with Crippen LogP contribution in [0.15, 0.2) is 24.3 Å². The molecule has 0 bridgehead atoms. The first kappa shape index (κ1) is 24.9. The molecule has 1 aromatic carbocycles. The minimum atomic E-state index is -1.99. The van der Waals surface area contributed by atoms with Crippen molar-refractivity contribution in [3.63, 3.8) is 0 Å². The summed E-state index contributed by atoms with van der Waals surface area (Å²) >= 11 is 0. The van der Waals surface area contributed by atoms with Crippen LogP contribution in [0.4, 0.5) is 0 Å². The number of carbonyl (C=O) groups excluding carboxylic acids is 1. The summed E-state index contributed by atoms with van der Waals surface area (Å²) in [4.78, 5) is 11.6. The van der Waals surface area contributed by atoms with E-state index in [1.807, 2.05) is 31.2 Å². The number of ether oxygens (including phenoxy) is 2. The van der Waals surface area contributed by atoms with Crippen LogP contribution in [-0.2, 0) is 20.6 Å². The van der Waals surface area contributed by atoms with E-state index >= 15 is 0 Å². The van der Waals surface area contributed by atoms with Gasteiger partial charge in [-0.3, -0.25) is 0 Å². The maximum Gasteiger partial charge on any atom is 0.192 e. The molecular formula is C23H40O4Si. The Morgan fingerprint density at radius 2 is 1.68 bits per heavy atom. The van der Waals surface area contributed by atoms with E-state index in [2.05, 4.69) is 47.7 Å². The number of hydrogen-bond donors (Lipinski definition) is 0. The fourth-order valence-electron chi connectivity index (χ4n) is 3.07. The minimum absolute atomic E-state index is 0.0271. The first-order valence-electron chi connectivity index (χ1n) is 10.3. The maximum absolute atomic E-state index is 11.6. The molecule has 4 nitrogen and oxygen atoms in total. The summed E-state index contributed by atoms with van der Waals surface area (Å²) in [5.41, 5.74) is 1.11. The number of methoxy groups -OCH3 is 1. The average molecular weight is 409 g/mol. The molecule has 0 aliphatic heterocycles. The van der Waals surface area contributed by atoms with Gasteiger partial charge < -0.3 is 18.7 Å². The lowest BCUT2D eigenvalue weighted by Crippen LogP contribution is -2.49. The molecule has 0 radical (unpaired) electrons. The van der Waals surface area contributed by atoms with Gasteiger partial charge in [-0.25, -0.2) is 0 Å². The SMILES string of the molecule is CC[C@H](OCc1ccc(OC)cc1)[C@H](C)[C@H](O[Si](C)(C)C(C)(C)C)[C@H](C)C=O. The fourth-order valence-corrected chi connectivity index (χ4v) is 4.53. The molecule has 1 aromatic rings. The van der Waals surface area contributed by atoms with Crippen LogP contribution in [0.2, 0.25) is 18.1 Å². The highest BCUT2D eigenvalue weighted by atomic mass is 28.4. The van der Waals surface area contributed by atoms with E-state index in [0.29, 0.717) is 6.61 Å². The van der Waals surface area contributed by atoms with Crippen LogP contribution in [0.3, 0.4) is 0 Å². The monoisotopic (exact) mass is 408 g/mol. The highest BCUT2D eigenvalue weighted by Crippen LogP contribution is 2.39. The molecule has 0 aromatic heterocycles. The Kier molecular flexibility index (Phi) is 9.38. The minimum Gasteiger partial charge on any atom is -0.497 e. The second-order valence-electron chi connectivity index (χ2n) is 9.30. The maximum atomic E-state index is 11.6. The van der Waals surface area contributed by atoms with Crippen molar-refractivity contribution in [2.75, 3.05) is 7.11 Å². The van der Waals surface area contributed by atoms with Crippen LogP contribution in [-0.4, -0.2) is 33.9 Å². The van der Waals surface area contributed by atoms with E-state index in [0.717, 1.165) is 24.0 Å². The molecule has 5 heteroatoms. The van der Waals surface area contributed by atoms with Gasteiger partial charge in [-0.2, -0.15) is 0 Å². The largest absolute Gasteiger partial charge is 0.497 e. The highest BCUT2D eigenvalue weighted by Gasteiger charge is 2.42. The van der Waals surface area contributed by atoms with Crippen molar-refractivity contribution >= 4 is 14.6 Å². The zero-order chi connectivity index (χ0) is 21.5. The molecule has 0 aliphatic rings. The summed E-state index contributed by atoms with van der Waals surface area (Å²) in [5.74, 6) is 0.798. The first-order chi connectivity index (χ1) is 13.0. The Morgan fingerprint density at radius 1 is 1.11 bits per heavy atom. The van der Waals surface area contributed by atoms with Crippen LogP contribution in [0.5, 0.6) is 5.75 Å². The quantitative estimate of drug-likeness (QED) is 0.340. The third-order valence-corrected chi connectivity index (χ3v) is 10.6. The topological polar surface area (TPSA) is 44.8 Å². The van der Waals surface area contributed by atoms with Crippen LogP contribution in [0, 0.1) is 11.8 Å².